The Balaban J connectivity index is 1.22. The Kier molecular flexibility index (Phi) is 13.5. The number of ether oxygens (including phenoxy) is 1. The first-order chi connectivity index (χ1) is 20.0. The Labute approximate surface area is 251 Å². The van der Waals surface area contributed by atoms with Gasteiger partial charge in [0, 0.05) is 36.9 Å². The predicted molar refractivity (Wildman–Crippen MR) is 148 cm³/mol. The standard InChI is InChI=1S/C20H37N4O15P3S/c25-13-9-14(37-15(13)10-36-41(32,33)39-42(34,35)38-40(29,30)31)19(27)22-8-4-3-7-21-17(26)6-2-1-5-16-18-12(11-43-16)23-20(28)24-18/h12-16,18,25H,1-11H2,(H,21,26)(H,22,27)(H,32,33)(H,34,35)(H2,23,24,28)(H2,29,30,31)/t12-,13?,14?,15-,16-,18-/m1/s1. The van der Waals surface area contributed by atoms with Crippen molar-refractivity contribution in [2.24, 2.45) is 0 Å². The third-order valence-electron chi connectivity index (χ3n) is 6.64. The first kappa shape index (κ1) is 36.4. The number of phosphoric acid groups is 3. The van der Waals surface area contributed by atoms with Crippen LogP contribution in [0.5, 0.6) is 0 Å². The summed E-state index contributed by atoms with van der Waals surface area (Å²) in [7, 11) is -16.6. The quantitative estimate of drug-likeness (QED) is 0.0499. The van der Waals surface area contributed by atoms with Crippen LogP contribution in [0, 0.1) is 0 Å². The molecule has 0 aromatic heterocycles. The summed E-state index contributed by atoms with van der Waals surface area (Å²) in [6, 6.07) is 0.212. The van der Waals surface area contributed by atoms with Crippen LogP contribution in [-0.4, -0.2) is 104 Å². The summed E-state index contributed by atoms with van der Waals surface area (Å²) in [4.78, 5) is 71.6. The minimum Gasteiger partial charge on any atom is -0.390 e. The number of hydrogen-bond acceptors (Lipinski definition) is 12. The van der Waals surface area contributed by atoms with Crippen molar-refractivity contribution in [2.75, 3.05) is 25.4 Å². The molecule has 0 aliphatic carbocycles. The number of rotatable bonds is 18. The zero-order chi connectivity index (χ0) is 31.8. The van der Waals surface area contributed by atoms with E-state index in [0.29, 0.717) is 31.1 Å². The van der Waals surface area contributed by atoms with Crippen molar-refractivity contribution >= 4 is 53.1 Å². The fourth-order valence-electron chi connectivity index (χ4n) is 4.68. The van der Waals surface area contributed by atoms with Gasteiger partial charge in [-0.25, -0.2) is 18.5 Å². The van der Waals surface area contributed by atoms with Gasteiger partial charge < -0.3 is 50.7 Å². The number of carbonyl (C=O) groups is 3. The number of phosphoric ester groups is 1. The van der Waals surface area contributed by atoms with Gasteiger partial charge in [0.25, 0.3) is 0 Å². The van der Waals surface area contributed by atoms with Crippen molar-refractivity contribution < 1.29 is 70.6 Å². The monoisotopic (exact) mass is 698 g/mol. The second-order valence-corrected chi connectivity index (χ2v) is 15.8. The lowest BCUT2D eigenvalue weighted by atomic mass is 10.0. The van der Waals surface area contributed by atoms with E-state index in [2.05, 4.69) is 34.4 Å². The molecule has 0 saturated carbocycles. The van der Waals surface area contributed by atoms with Crippen LogP contribution < -0.4 is 21.3 Å². The highest BCUT2D eigenvalue weighted by atomic mass is 32.2. The summed E-state index contributed by atoms with van der Waals surface area (Å²) < 4.78 is 50.8. The van der Waals surface area contributed by atoms with E-state index >= 15 is 0 Å². The van der Waals surface area contributed by atoms with E-state index < -0.39 is 54.3 Å². The maximum atomic E-state index is 12.3. The van der Waals surface area contributed by atoms with Gasteiger partial charge in [-0.2, -0.15) is 20.4 Å². The minimum atomic E-state index is -5.69. The van der Waals surface area contributed by atoms with Crippen molar-refractivity contribution in [3.05, 3.63) is 0 Å². The van der Waals surface area contributed by atoms with Crippen LogP contribution in [0.1, 0.15) is 44.9 Å². The van der Waals surface area contributed by atoms with Gasteiger partial charge in [0.1, 0.15) is 12.2 Å². The molecule has 43 heavy (non-hydrogen) atoms. The molecule has 3 fully saturated rings. The Hall–Kier alpha value is -1.11. The summed E-state index contributed by atoms with van der Waals surface area (Å²) in [5.74, 6) is 0.267. The van der Waals surface area contributed by atoms with Crippen LogP contribution >= 0.6 is 35.2 Å². The highest BCUT2D eigenvalue weighted by molar-refractivity contribution is 8.00. The van der Waals surface area contributed by atoms with Gasteiger partial charge >= 0.3 is 29.5 Å². The number of amides is 4. The molecule has 3 rings (SSSR count). The van der Waals surface area contributed by atoms with E-state index in [1.54, 1.807) is 0 Å². The van der Waals surface area contributed by atoms with Crippen LogP contribution in [0.15, 0.2) is 0 Å². The smallest absolute Gasteiger partial charge is 0.390 e. The third-order valence-corrected chi connectivity index (χ3v) is 12.0. The molecule has 19 nitrogen and oxygen atoms in total. The van der Waals surface area contributed by atoms with E-state index in [-0.39, 0.29) is 37.0 Å². The van der Waals surface area contributed by atoms with Gasteiger partial charge in [0.2, 0.25) is 11.8 Å². The van der Waals surface area contributed by atoms with Crippen molar-refractivity contribution in [1.82, 2.24) is 21.3 Å². The number of fused-ring (bicyclic) bond motifs is 1. The van der Waals surface area contributed by atoms with Gasteiger partial charge in [-0.3, -0.25) is 14.1 Å². The molecule has 3 heterocycles. The largest absolute Gasteiger partial charge is 0.490 e. The molecule has 0 bridgehead atoms. The molecule has 4 amide bonds. The number of aliphatic hydroxyl groups is 1. The van der Waals surface area contributed by atoms with E-state index in [1.165, 1.54) is 0 Å². The average Bonchev–Trinajstić information content (AvgIpc) is 3.54. The number of hydrogen-bond donors (Lipinski definition) is 9. The fourth-order valence-corrected chi connectivity index (χ4v) is 9.26. The average molecular weight is 699 g/mol. The molecule has 0 aromatic carbocycles. The molecule has 3 saturated heterocycles. The highest BCUT2D eigenvalue weighted by Gasteiger charge is 2.44. The van der Waals surface area contributed by atoms with E-state index in [1.807, 2.05) is 11.8 Å². The predicted octanol–water partition coefficient (Wildman–Crippen LogP) is -0.413. The molecule has 8 atom stereocenters. The summed E-state index contributed by atoms with van der Waals surface area (Å²) in [6.45, 7) is -0.190. The molecular formula is C20H37N4O15P3S. The highest BCUT2D eigenvalue weighted by Crippen LogP contribution is 2.66. The molecule has 9 N–H and O–H groups in total. The number of nitrogens with one attached hydrogen (secondary N) is 4. The minimum absolute atomic E-state index is 0.0626. The zero-order valence-electron chi connectivity index (χ0n) is 22.8. The molecular weight excluding hydrogens is 661 g/mol. The number of aliphatic hydroxyl groups excluding tert-OH is 1. The summed E-state index contributed by atoms with van der Waals surface area (Å²) in [5, 5.41) is 21.7. The second-order valence-electron chi connectivity index (χ2n) is 10.1. The molecule has 3 aliphatic heterocycles. The maximum absolute atomic E-state index is 12.3. The Morgan fingerprint density at radius 3 is 2.37 bits per heavy atom. The van der Waals surface area contributed by atoms with Crippen LogP contribution in [0.3, 0.4) is 0 Å². The Bertz CT molecular complexity index is 1140. The van der Waals surface area contributed by atoms with E-state index in [4.69, 9.17) is 19.4 Å². The van der Waals surface area contributed by atoms with Gasteiger partial charge in [-0.05, 0) is 25.7 Å². The van der Waals surface area contributed by atoms with Gasteiger partial charge in [0.05, 0.1) is 24.8 Å². The van der Waals surface area contributed by atoms with Crippen LogP contribution in [-0.2, 0) is 41.2 Å². The topological polar surface area (TPSA) is 289 Å². The maximum Gasteiger partial charge on any atom is 0.490 e. The zero-order valence-corrected chi connectivity index (χ0v) is 26.3. The molecule has 248 valence electrons. The molecule has 3 aliphatic rings. The van der Waals surface area contributed by atoms with Gasteiger partial charge in [-0.15, -0.1) is 0 Å². The summed E-state index contributed by atoms with van der Waals surface area (Å²) >= 11 is 1.83. The fraction of sp³-hybridized carbons (Fsp3) is 0.850. The SMILES string of the molecule is O=C(CCCC[C@H]1SC[C@H]2NC(=O)N[C@H]21)NCCCCNC(=O)C1CC(O)[C@@H](COP(=O)(O)OP(=O)(O)OP(=O)(O)O)O1. The summed E-state index contributed by atoms with van der Waals surface area (Å²) in [6.07, 6.45) is 0.166. The van der Waals surface area contributed by atoms with Crippen LogP contribution in [0.2, 0.25) is 0 Å². The van der Waals surface area contributed by atoms with Crippen molar-refractivity contribution in [2.45, 2.75) is 80.6 Å². The van der Waals surface area contributed by atoms with E-state index in [0.717, 1.165) is 25.0 Å². The third kappa shape index (κ3) is 12.7. The molecule has 0 spiro atoms. The van der Waals surface area contributed by atoms with Gasteiger partial charge in [-0.1, -0.05) is 6.42 Å². The lowest BCUT2D eigenvalue weighted by Crippen LogP contribution is -2.36. The number of unbranched alkanes of at least 4 members (excludes halogenated alkanes) is 2. The second kappa shape index (κ2) is 15.9. The molecule has 23 heteroatoms. The number of thioether (sulfide) groups is 1. The van der Waals surface area contributed by atoms with Crippen LogP contribution in [0.25, 0.3) is 0 Å². The van der Waals surface area contributed by atoms with Gasteiger partial charge in [0.15, 0.2) is 0 Å². The molecule has 0 radical (unpaired) electrons. The Morgan fingerprint density at radius 2 is 1.67 bits per heavy atom. The van der Waals surface area contributed by atoms with Crippen LogP contribution in [0.4, 0.5) is 4.79 Å². The summed E-state index contributed by atoms with van der Waals surface area (Å²) in [5.41, 5.74) is 0. The van der Waals surface area contributed by atoms with E-state index in [9.17, 15) is 38.1 Å². The normalized spacial score (nSPS) is 29.7. The number of carbonyl (C=O) groups excluding carboxylic acids is 3. The first-order valence-electron chi connectivity index (χ1n) is 13.4. The lowest BCUT2D eigenvalue weighted by Gasteiger charge is -2.19. The van der Waals surface area contributed by atoms with Crippen molar-refractivity contribution in [3.63, 3.8) is 0 Å². The lowest BCUT2D eigenvalue weighted by molar-refractivity contribution is -0.133. The molecule has 0 aromatic rings. The van der Waals surface area contributed by atoms with Crippen molar-refractivity contribution in [3.8, 4) is 0 Å². The van der Waals surface area contributed by atoms with Crippen molar-refractivity contribution in [1.29, 1.82) is 0 Å². The number of urea groups is 1. The molecule has 4 unspecified atom stereocenters. The Morgan fingerprint density at radius 1 is 0.977 bits per heavy atom. The first-order valence-corrected chi connectivity index (χ1v) is 19.0.